The molecule has 0 heterocycles. The van der Waals surface area contributed by atoms with Crippen LogP contribution in [0.15, 0.2) is 133 Å². The highest BCUT2D eigenvalue weighted by Gasteiger charge is 2.40. The molecule has 2 nitrogen and oxygen atoms in total. The zero-order valence-corrected chi connectivity index (χ0v) is 40.8. The Balaban J connectivity index is 1.34. The monoisotopic (exact) mass is 853 g/mol. The number of benzene rings is 8. The number of aryl methyl sites for hydroxylation is 8. The molecule has 0 atom stereocenters. The number of anilines is 6. The number of hydrogen-bond donors (Lipinski definition) is 0. The van der Waals surface area contributed by atoms with E-state index in [9.17, 15) is 0 Å². The summed E-state index contributed by atoms with van der Waals surface area (Å²) in [7, 11) is 0. The van der Waals surface area contributed by atoms with Crippen LogP contribution < -0.4 is 9.80 Å². The van der Waals surface area contributed by atoms with Crippen LogP contribution in [0.25, 0.3) is 32.7 Å². The standard InChI is InChI=1S/C63H68N2/c1-11-41-27-31-49(35-45(41)15-5)64(50-32-28-42(12-2)46(16-6)36-50)59-39-57-61(55-25-21-19-23-53(55)59)62-56-26-22-20-24-54(56)60(40-58(62)63(57,9)10)65(51-33-29-43(13-3)47(17-7)37-51)52-34-30-44(14-4)48(18-8)38-52/h19-40H,11-18H2,1-10H3. The summed E-state index contributed by atoms with van der Waals surface area (Å²) in [6, 6.07) is 52.3. The lowest BCUT2D eigenvalue weighted by Gasteiger charge is -2.31. The quantitative estimate of drug-likeness (QED) is 0.108. The lowest BCUT2D eigenvalue weighted by Crippen LogP contribution is -2.18. The van der Waals surface area contributed by atoms with E-state index in [1.165, 1.54) is 122 Å². The third-order valence-electron chi connectivity index (χ3n) is 15.0. The fourth-order valence-corrected chi connectivity index (χ4v) is 11.3. The van der Waals surface area contributed by atoms with Gasteiger partial charge in [-0.1, -0.05) is 142 Å². The van der Waals surface area contributed by atoms with Gasteiger partial charge in [-0.05, 0) is 190 Å². The first-order chi connectivity index (χ1) is 31.6. The van der Waals surface area contributed by atoms with Crippen LogP contribution in [0.2, 0.25) is 0 Å². The van der Waals surface area contributed by atoms with Crippen molar-refractivity contribution in [3.8, 4) is 11.1 Å². The molecule has 0 aliphatic heterocycles. The normalized spacial score (nSPS) is 12.8. The molecule has 0 saturated heterocycles. The molecule has 8 aromatic rings. The Morgan fingerprint density at radius 2 is 0.569 bits per heavy atom. The second kappa shape index (κ2) is 18.0. The van der Waals surface area contributed by atoms with Gasteiger partial charge in [-0.2, -0.15) is 0 Å². The van der Waals surface area contributed by atoms with Crippen LogP contribution in [0.1, 0.15) is 125 Å². The number of fused-ring (bicyclic) bond motifs is 7. The molecule has 0 N–H and O–H groups in total. The lowest BCUT2D eigenvalue weighted by molar-refractivity contribution is 0.661. The summed E-state index contributed by atoms with van der Waals surface area (Å²) in [6.45, 7) is 23.2. The summed E-state index contributed by atoms with van der Waals surface area (Å²) in [4.78, 5) is 5.14. The maximum atomic E-state index is 2.57. The average Bonchev–Trinajstić information content (AvgIpc) is 3.58. The molecule has 0 saturated carbocycles. The topological polar surface area (TPSA) is 6.48 Å². The molecule has 8 aromatic carbocycles. The summed E-state index contributed by atoms with van der Waals surface area (Å²) < 4.78 is 0. The van der Waals surface area contributed by atoms with Crippen molar-refractivity contribution in [1.82, 2.24) is 0 Å². The third-order valence-corrected chi connectivity index (χ3v) is 15.0. The maximum Gasteiger partial charge on any atom is 0.0543 e. The van der Waals surface area contributed by atoms with Crippen molar-refractivity contribution in [2.45, 2.75) is 126 Å². The van der Waals surface area contributed by atoms with Crippen LogP contribution >= 0.6 is 0 Å². The fraction of sp³-hybridized carbons (Fsp3) is 0.302. The van der Waals surface area contributed by atoms with E-state index in [0.29, 0.717) is 0 Å². The maximum absolute atomic E-state index is 2.57. The molecule has 9 rings (SSSR count). The Morgan fingerprint density at radius 3 is 0.831 bits per heavy atom. The number of rotatable bonds is 14. The average molecular weight is 853 g/mol. The van der Waals surface area contributed by atoms with Gasteiger partial charge in [-0.15, -0.1) is 0 Å². The minimum absolute atomic E-state index is 0.303. The van der Waals surface area contributed by atoms with E-state index in [1.54, 1.807) is 0 Å². The van der Waals surface area contributed by atoms with Gasteiger partial charge in [0.1, 0.15) is 0 Å². The van der Waals surface area contributed by atoms with Crippen LogP contribution in [-0.2, 0) is 56.8 Å². The molecule has 1 aliphatic carbocycles. The Labute approximate surface area is 390 Å². The van der Waals surface area contributed by atoms with Crippen LogP contribution in [0.4, 0.5) is 34.1 Å². The third kappa shape index (κ3) is 7.44. The molecular formula is C63H68N2. The van der Waals surface area contributed by atoms with E-state index in [4.69, 9.17) is 0 Å². The molecule has 0 aromatic heterocycles. The molecule has 2 heteroatoms. The predicted molar refractivity (Wildman–Crippen MR) is 283 cm³/mol. The van der Waals surface area contributed by atoms with E-state index < -0.39 is 0 Å². The molecule has 0 radical (unpaired) electrons. The highest BCUT2D eigenvalue weighted by molar-refractivity contribution is 6.17. The first-order valence-corrected chi connectivity index (χ1v) is 24.8. The first-order valence-electron chi connectivity index (χ1n) is 24.8. The van der Waals surface area contributed by atoms with E-state index in [-0.39, 0.29) is 5.41 Å². The predicted octanol–water partition coefficient (Wildman–Crippen LogP) is 17.7. The second-order valence-corrected chi connectivity index (χ2v) is 18.7. The van der Waals surface area contributed by atoms with Crippen molar-refractivity contribution in [2.75, 3.05) is 9.80 Å². The van der Waals surface area contributed by atoms with Crippen LogP contribution in [0.5, 0.6) is 0 Å². The molecule has 65 heavy (non-hydrogen) atoms. The van der Waals surface area contributed by atoms with Crippen LogP contribution in [0.3, 0.4) is 0 Å². The lowest BCUT2D eigenvalue weighted by atomic mass is 9.81. The molecule has 0 bridgehead atoms. The van der Waals surface area contributed by atoms with E-state index in [2.05, 4.69) is 212 Å². The first kappa shape index (κ1) is 44.1. The Hall–Kier alpha value is -6.12. The smallest absolute Gasteiger partial charge is 0.0543 e. The van der Waals surface area contributed by atoms with Crippen LogP contribution in [0, 0.1) is 0 Å². The zero-order valence-electron chi connectivity index (χ0n) is 40.8. The molecule has 0 spiro atoms. The Morgan fingerprint density at radius 1 is 0.308 bits per heavy atom. The molecule has 0 fully saturated rings. The van der Waals surface area contributed by atoms with Gasteiger partial charge in [0.2, 0.25) is 0 Å². The number of hydrogen-bond acceptors (Lipinski definition) is 2. The summed E-state index contributed by atoms with van der Waals surface area (Å²) in [6.07, 6.45) is 8.14. The van der Waals surface area contributed by atoms with Crippen molar-refractivity contribution < 1.29 is 0 Å². The fourth-order valence-electron chi connectivity index (χ4n) is 11.3. The summed E-state index contributed by atoms with van der Waals surface area (Å²) in [5.74, 6) is 0. The molecule has 0 amide bonds. The van der Waals surface area contributed by atoms with Gasteiger partial charge in [-0.25, -0.2) is 0 Å². The highest BCUT2D eigenvalue weighted by atomic mass is 15.2. The minimum atomic E-state index is -0.303. The minimum Gasteiger partial charge on any atom is -0.310 e. The largest absolute Gasteiger partial charge is 0.310 e. The molecular weight excluding hydrogens is 785 g/mol. The second-order valence-electron chi connectivity index (χ2n) is 18.7. The summed E-state index contributed by atoms with van der Waals surface area (Å²) >= 11 is 0. The van der Waals surface area contributed by atoms with Gasteiger partial charge in [0, 0.05) is 38.9 Å². The van der Waals surface area contributed by atoms with Crippen molar-refractivity contribution in [2.24, 2.45) is 0 Å². The Bertz CT molecular complexity index is 2760. The van der Waals surface area contributed by atoms with E-state index in [0.717, 1.165) is 51.4 Å². The van der Waals surface area contributed by atoms with Gasteiger partial charge >= 0.3 is 0 Å². The SMILES string of the molecule is CCc1ccc(N(c2ccc(CC)c(CC)c2)c2cc3c(c4ccccc24)-c2c(cc(N(c4ccc(CC)c(CC)c4)c4ccc(CC)c(CC)c4)c4ccccc24)C3(C)C)cc1CC. The van der Waals surface area contributed by atoms with E-state index >= 15 is 0 Å². The Kier molecular flexibility index (Phi) is 12.2. The zero-order chi connectivity index (χ0) is 45.6. The van der Waals surface area contributed by atoms with Crippen molar-refractivity contribution in [1.29, 1.82) is 0 Å². The summed E-state index contributed by atoms with van der Waals surface area (Å²) in [5, 5.41) is 5.15. The molecule has 330 valence electrons. The van der Waals surface area contributed by atoms with Crippen molar-refractivity contribution in [3.05, 3.63) is 189 Å². The van der Waals surface area contributed by atoms with Crippen LogP contribution in [-0.4, -0.2) is 0 Å². The van der Waals surface area contributed by atoms with Gasteiger partial charge < -0.3 is 9.80 Å². The van der Waals surface area contributed by atoms with Gasteiger partial charge in [0.15, 0.2) is 0 Å². The van der Waals surface area contributed by atoms with E-state index in [1.807, 2.05) is 0 Å². The van der Waals surface area contributed by atoms with Gasteiger partial charge in [0.05, 0.1) is 11.4 Å². The van der Waals surface area contributed by atoms with Crippen molar-refractivity contribution in [3.63, 3.8) is 0 Å². The van der Waals surface area contributed by atoms with Crippen molar-refractivity contribution >= 4 is 55.7 Å². The number of nitrogens with zero attached hydrogens (tertiary/aromatic N) is 2. The summed E-state index contributed by atoms with van der Waals surface area (Å²) in [5.41, 5.74) is 23.9. The van der Waals surface area contributed by atoms with Gasteiger partial charge in [0.25, 0.3) is 0 Å². The molecule has 1 aliphatic rings. The van der Waals surface area contributed by atoms with Gasteiger partial charge in [-0.3, -0.25) is 0 Å². The highest BCUT2D eigenvalue weighted by Crippen LogP contribution is 2.58. The molecule has 0 unspecified atom stereocenters.